The van der Waals surface area contributed by atoms with Gasteiger partial charge in [-0.1, -0.05) is 49.4 Å². The van der Waals surface area contributed by atoms with Gasteiger partial charge in [0.25, 0.3) is 11.5 Å². The molecular weight excluding hydrogens is 374 g/mol. The number of ketones is 2. The van der Waals surface area contributed by atoms with Crippen LogP contribution in [0.4, 0.5) is 0 Å². The van der Waals surface area contributed by atoms with Crippen LogP contribution in [0.25, 0.3) is 0 Å². The highest BCUT2D eigenvalue weighted by atomic mass is 16.6. The van der Waals surface area contributed by atoms with Crippen LogP contribution in [0.1, 0.15) is 43.5 Å². The van der Waals surface area contributed by atoms with E-state index in [1.165, 1.54) is 7.11 Å². The van der Waals surface area contributed by atoms with Crippen molar-refractivity contribution in [2.24, 2.45) is 0 Å². The molecule has 0 saturated carbocycles. The van der Waals surface area contributed by atoms with Crippen LogP contribution in [0.15, 0.2) is 53.8 Å². The third kappa shape index (κ3) is 3.10. The second kappa shape index (κ2) is 7.93. The van der Waals surface area contributed by atoms with E-state index in [2.05, 4.69) is 5.32 Å². The minimum absolute atomic E-state index is 0.228. The summed E-state index contributed by atoms with van der Waals surface area (Å²) in [6.07, 6.45) is 4.02. The topological polar surface area (TPSA) is 102 Å². The van der Waals surface area contributed by atoms with E-state index in [-0.39, 0.29) is 11.1 Å². The number of Topliss-reactive ketones (excluding diaryl/α,β-unsaturated/α-hetero) is 2. The van der Waals surface area contributed by atoms with Crippen molar-refractivity contribution in [1.82, 2.24) is 5.32 Å². The molecule has 1 spiro atoms. The van der Waals surface area contributed by atoms with Gasteiger partial charge in [0.2, 0.25) is 17.3 Å². The molecule has 7 nitrogen and oxygen atoms in total. The number of ether oxygens (including phenoxy) is 2. The Morgan fingerprint density at radius 3 is 2.59 bits per heavy atom. The summed E-state index contributed by atoms with van der Waals surface area (Å²) in [6, 6.07) is 8.12. The molecule has 0 aromatic heterocycles. The molecular formula is C22H25NO6. The number of hydrogen-bond acceptors (Lipinski definition) is 6. The standard InChI is InChI=1S/C22H25NO6/c1-4-5-6-10-13-16-14(2)17(24)21(29-16)19(26)22(28-3,23-20(21)27)18(25)15-11-8-7-9-12-15/h5-9,11-12,19,26H,4,10,13H2,1-3H3,(H,23,27)/b6-5+/t19-,21-,22-/m1/s1. The Morgan fingerprint density at radius 2 is 1.97 bits per heavy atom. The molecule has 1 amide bonds. The Labute approximate surface area is 169 Å². The zero-order valence-corrected chi connectivity index (χ0v) is 16.7. The van der Waals surface area contributed by atoms with E-state index < -0.39 is 34.9 Å². The van der Waals surface area contributed by atoms with Gasteiger partial charge < -0.3 is 19.9 Å². The number of benzene rings is 1. The molecule has 1 saturated heterocycles. The van der Waals surface area contributed by atoms with E-state index in [0.717, 1.165) is 6.42 Å². The number of hydrogen-bond donors (Lipinski definition) is 2. The number of carbonyl (C=O) groups is 3. The quantitative estimate of drug-likeness (QED) is 0.413. The van der Waals surface area contributed by atoms with Gasteiger partial charge in [-0.2, -0.15) is 0 Å². The van der Waals surface area contributed by atoms with Crippen LogP contribution >= 0.6 is 0 Å². The summed E-state index contributed by atoms with van der Waals surface area (Å²) < 4.78 is 11.1. The van der Waals surface area contributed by atoms with Gasteiger partial charge in [0.05, 0.1) is 0 Å². The highest BCUT2D eigenvalue weighted by Crippen LogP contribution is 2.44. The lowest BCUT2D eigenvalue weighted by atomic mass is 9.85. The number of carbonyl (C=O) groups excluding carboxylic acids is 3. The molecule has 2 aliphatic heterocycles. The monoisotopic (exact) mass is 399 g/mol. The van der Waals surface area contributed by atoms with E-state index >= 15 is 0 Å². The van der Waals surface area contributed by atoms with Crippen molar-refractivity contribution in [2.75, 3.05) is 7.11 Å². The third-order valence-electron chi connectivity index (χ3n) is 5.42. The zero-order chi connectivity index (χ0) is 21.2. The molecule has 154 valence electrons. The van der Waals surface area contributed by atoms with Crippen LogP contribution in [-0.2, 0) is 19.1 Å². The summed E-state index contributed by atoms with van der Waals surface area (Å²) in [5.41, 5.74) is -3.85. The average Bonchev–Trinajstić information content (AvgIpc) is 3.13. The van der Waals surface area contributed by atoms with Crippen molar-refractivity contribution < 1.29 is 29.0 Å². The summed E-state index contributed by atoms with van der Waals surface area (Å²) in [5, 5.41) is 13.5. The lowest BCUT2D eigenvalue weighted by molar-refractivity contribution is -0.160. The molecule has 3 rings (SSSR count). The number of amides is 1. The maximum Gasteiger partial charge on any atom is 0.278 e. The predicted octanol–water partition coefficient (Wildman–Crippen LogP) is 2.06. The Morgan fingerprint density at radius 1 is 1.28 bits per heavy atom. The molecule has 0 bridgehead atoms. The fraction of sp³-hybridized carbons (Fsp3) is 0.409. The highest BCUT2D eigenvalue weighted by molar-refractivity contribution is 6.23. The van der Waals surface area contributed by atoms with Crippen molar-refractivity contribution in [1.29, 1.82) is 0 Å². The molecule has 1 aromatic rings. The molecule has 0 unspecified atom stereocenters. The lowest BCUT2D eigenvalue weighted by Gasteiger charge is -2.32. The van der Waals surface area contributed by atoms with E-state index in [1.807, 2.05) is 19.1 Å². The first-order chi connectivity index (χ1) is 13.8. The molecule has 0 aliphatic carbocycles. The normalized spacial score (nSPS) is 29.0. The molecule has 2 heterocycles. The summed E-state index contributed by atoms with van der Waals surface area (Å²) in [4.78, 5) is 39.1. The fourth-order valence-electron chi connectivity index (χ4n) is 3.77. The minimum atomic E-state index is -2.23. The summed E-state index contributed by atoms with van der Waals surface area (Å²) >= 11 is 0. The summed E-state index contributed by atoms with van der Waals surface area (Å²) in [6.45, 7) is 3.57. The summed E-state index contributed by atoms with van der Waals surface area (Å²) in [5.74, 6) is -1.87. The van der Waals surface area contributed by atoms with E-state index in [4.69, 9.17) is 9.47 Å². The lowest BCUT2D eigenvalue weighted by Crippen LogP contribution is -2.60. The molecule has 0 radical (unpaired) electrons. The van der Waals surface area contributed by atoms with Gasteiger partial charge in [-0.05, 0) is 19.8 Å². The van der Waals surface area contributed by atoms with Crippen molar-refractivity contribution in [3.8, 4) is 0 Å². The smallest absolute Gasteiger partial charge is 0.278 e. The van der Waals surface area contributed by atoms with E-state index in [9.17, 15) is 19.5 Å². The average molecular weight is 399 g/mol. The predicted molar refractivity (Wildman–Crippen MR) is 105 cm³/mol. The number of rotatable bonds is 7. The van der Waals surface area contributed by atoms with Crippen LogP contribution in [0.5, 0.6) is 0 Å². The van der Waals surface area contributed by atoms with Gasteiger partial charge in [0, 0.05) is 24.7 Å². The van der Waals surface area contributed by atoms with Crippen molar-refractivity contribution in [3.63, 3.8) is 0 Å². The number of allylic oxidation sites excluding steroid dienone is 3. The molecule has 1 aromatic carbocycles. The second-order valence-corrected chi connectivity index (χ2v) is 7.12. The van der Waals surface area contributed by atoms with Crippen LogP contribution in [0.2, 0.25) is 0 Å². The largest absolute Gasteiger partial charge is 0.470 e. The van der Waals surface area contributed by atoms with Gasteiger partial charge in [0.1, 0.15) is 5.76 Å². The number of aliphatic hydroxyl groups is 1. The Balaban J connectivity index is 1.94. The van der Waals surface area contributed by atoms with Crippen LogP contribution in [-0.4, -0.2) is 47.1 Å². The first-order valence-electron chi connectivity index (χ1n) is 9.59. The maximum absolute atomic E-state index is 13.1. The third-order valence-corrected chi connectivity index (χ3v) is 5.42. The SMILES string of the molecule is CC/C=C/CCC1=C(C)C(=O)[C@]2(O1)C(=O)N[C@@](OC)(C(=O)c1ccccc1)[C@@H]2O. The Bertz CT molecular complexity index is 890. The fourth-order valence-corrected chi connectivity index (χ4v) is 3.77. The number of methoxy groups -OCH3 is 1. The first kappa shape index (κ1) is 21.0. The number of nitrogens with one attached hydrogen (secondary N) is 1. The molecule has 3 atom stereocenters. The van der Waals surface area contributed by atoms with Crippen molar-refractivity contribution in [3.05, 3.63) is 59.4 Å². The number of aliphatic hydroxyl groups excluding tert-OH is 1. The molecule has 2 N–H and O–H groups in total. The molecule has 1 fully saturated rings. The molecule has 2 aliphatic rings. The molecule has 7 heteroatoms. The van der Waals surface area contributed by atoms with Crippen molar-refractivity contribution in [2.45, 2.75) is 50.5 Å². The van der Waals surface area contributed by atoms with Gasteiger partial charge >= 0.3 is 0 Å². The minimum Gasteiger partial charge on any atom is -0.470 e. The van der Waals surface area contributed by atoms with Crippen LogP contribution in [0, 0.1) is 0 Å². The van der Waals surface area contributed by atoms with Gasteiger partial charge in [-0.15, -0.1) is 0 Å². The highest BCUT2D eigenvalue weighted by Gasteiger charge is 2.73. The van der Waals surface area contributed by atoms with E-state index in [1.54, 1.807) is 37.3 Å². The van der Waals surface area contributed by atoms with Gasteiger partial charge in [-0.3, -0.25) is 14.4 Å². The van der Waals surface area contributed by atoms with Crippen LogP contribution in [0.3, 0.4) is 0 Å². The second-order valence-electron chi connectivity index (χ2n) is 7.12. The Hall–Kier alpha value is -2.77. The Kier molecular flexibility index (Phi) is 5.73. The first-order valence-corrected chi connectivity index (χ1v) is 9.59. The zero-order valence-electron chi connectivity index (χ0n) is 16.7. The molecule has 29 heavy (non-hydrogen) atoms. The van der Waals surface area contributed by atoms with Gasteiger partial charge in [-0.25, -0.2) is 0 Å². The van der Waals surface area contributed by atoms with Crippen LogP contribution < -0.4 is 5.32 Å². The van der Waals surface area contributed by atoms with Gasteiger partial charge in [0.15, 0.2) is 6.10 Å². The van der Waals surface area contributed by atoms with E-state index in [0.29, 0.717) is 18.6 Å². The summed E-state index contributed by atoms with van der Waals surface area (Å²) in [7, 11) is 1.19. The van der Waals surface area contributed by atoms with Crippen molar-refractivity contribution >= 4 is 17.5 Å². The maximum atomic E-state index is 13.1.